The van der Waals surface area contributed by atoms with Crippen molar-refractivity contribution in [3.8, 4) is 5.75 Å². The SMILES string of the molecule is COc1ccc(C(=O)NCC(=O)N/N=C/c2cccc(Br)c2)cc1. The third-order valence-electron chi connectivity index (χ3n) is 3.01. The summed E-state index contributed by atoms with van der Waals surface area (Å²) in [5, 5.41) is 6.36. The van der Waals surface area contributed by atoms with E-state index in [4.69, 9.17) is 4.74 Å². The van der Waals surface area contributed by atoms with Crippen molar-refractivity contribution in [1.29, 1.82) is 0 Å². The Bertz CT molecular complexity index is 745. The minimum atomic E-state index is -0.414. The highest BCUT2D eigenvalue weighted by Gasteiger charge is 2.07. The summed E-state index contributed by atoms with van der Waals surface area (Å²) in [7, 11) is 1.55. The van der Waals surface area contributed by atoms with Crippen LogP contribution in [-0.4, -0.2) is 31.7 Å². The van der Waals surface area contributed by atoms with Crippen molar-refractivity contribution in [2.24, 2.45) is 5.10 Å². The fourth-order valence-electron chi connectivity index (χ4n) is 1.81. The van der Waals surface area contributed by atoms with Gasteiger partial charge >= 0.3 is 0 Å². The maximum atomic E-state index is 11.9. The van der Waals surface area contributed by atoms with E-state index in [-0.39, 0.29) is 12.5 Å². The number of nitrogens with one attached hydrogen (secondary N) is 2. The number of methoxy groups -OCH3 is 1. The van der Waals surface area contributed by atoms with E-state index in [0.29, 0.717) is 11.3 Å². The fourth-order valence-corrected chi connectivity index (χ4v) is 2.23. The number of hydrogen-bond acceptors (Lipinski definition) is 4. The molecule has 7 heteroatoms. The van der Waals surface area contributed by atoms with Crippen LogP contribution in [0.3, 0.4) is 0 Å². The van der Waals surface area contributed by atoms with Crippen LogP contribution < -0.4 is 15.5 Å². The van der Waals surface area contributed by atoms with Crippen molar-refractivity contribution in [3.63, 3.8) is 0 Å². The molecule has 0 aliphatic rings. The molecule has 2 aromatic rings. The van der Waals surface area contributed by atoms with E-state index >= 15 is 0 Å². The van der Waals surface area contributed by atoms with Gasteiger partial charge in [0.1, 0.15) is 5.75 Å². The highest BCUT2D eigenvalue weighted by molar-refractivity contribution is 9.10. The van der Waals surface area contributed by atoms with Gasteiger partial charge in [-0.15, -0.1) is 0 Å². The van der Waals surface area contributed by atoms with E-state index < -0.39 is 5.91 Å². The number of benzene rings is 2. The van der Waals surface area contributed by atoms with Gasteiger partial charge in [0.15, 0.2) is 0 Å². The number of rotatable bonds is 6. The first-order chi connectivity index (χ1) is 11.6. The van der Waals surface area contributed by atoms with Crippen LogP contribution in [0.15, 0.2) is 58.1 Å². The van der Waals surface area contributed by atoms with Crippen LogP contribution >= 0.6 is 15.9 Å². The molecule has 124 valence electrons. The minimum Gasteiger partial charge on any atom is -0.497 e. The standard InChI is InChI=1S/C17H16BrN3O3/c1-24-15-7-5-13(6-8-15)17(23)19-11-16(22)21-20-10-12-3-2-4-14(18)9-12/h2-10H,11H2,1H3,(H,19,23)(H,21,22)/b20-10+. The Morgan fingerprint density at radius 2 is 1.96 bits per heavy atom. The lowest BCUT2D eigenvalue weighted by molar-refractivity contribution is -0.120. The van der Waals surface area contributed by atoms with Crippen molar-refractivity contribution < 1.29 is 14.3 Å². The molecular formula is C17H16BrN3O3. The predicted molar refractivity (Wildman–Crippen MR) is 95.2 cm³/mol. The highest BCUT2D eigenvalue weighted by atomic mass is 79.9. The van der Waals surface area contributed by atoms with Gasteiger partial charge in [-0.2, -0.15) is 5.10 Å². The Hall–Kier alpha value is -2.67. The Balaban J connectivity index is 1.78. The molecule has 24 heavy (non-hydrogen) atoms. The van der Waals surface area contributed by atoms with Crippen molar-refractivity contribution in [2.75, 3.05) is 13.7 Å². The van der Waals surface area contributed by atoms with Gasteiger partial charge in [-0.1, -0.05) is 28.1 Å². The number of hydrogen-bond donors (Lipinski definition) is 2. The van der Waals surface area contributed by atoms with Crippen molar-refractivity contribution in [1.82, 2.24) is 10.7 Å². The monoisotopic (exact) mass is 389 g/mol. The van der Waals surface area contributed by atoms with Crippen LogP contribution in [0, 0.1) is 0 Å². The van der Waals surface area contributed by atoms with Crippen molar-refractivity contribution >= 4 is 34.0 Å². The summed E-state index contributed by atoms with van der Waals surface area (Å²) in [5.41, 5.74) is 3.64. The van der Waals surface area contributed by atoms with Crippen molar-refractivity contribution in [2.45, 2.75) is 0 Å². The first-order valence-corrected chi connectivity index (χ1v) is 7.87. The maximum Gasteiger partial charge on any atom is 0.259 e. The predicted octanol–water partition coefficient (Wildman–Crippen LogP) is 2.34. The van der Waals surface area contributed by atoms with Crippen LogP contribution in [-0.2, 0) is 4.79 Å². The summed E-state index contributed by atoms with van der Waals surface area (Å²) in [6.07, 6.45) is 1.52. The summed E-state index contributed by atoms with van der Waals surface area (Å²) < 4.78 is 5.94. The molecule has 2 N–H and O–H groups in total. The molecule has 0 aliphatic heterocycles. The van der Waals surface area contributed by atoms with Crippen LogP contribution in [0.1, 0.15) is 15.9 Å². The number of carbonyl (C=O) groups is 2. The van der Waals surface area contributed by atoms with Gasteiger partial charge in [0, 0.05) is 10.0 Å². The number of amides is 2. The Morgan fingerprint density at radius 1 is 1.21 bits per heavy atom. The average Bonchev–Trinajstić information content (AvgIpc) is 2.60. The van der Waals surface area contributed by atoms with E-state index in [1.807, 2.05) is 24.3 Å². The Kier molecular flexibility index (Phi) is 6.51. The molecule has 2 rings (SSSR count). The van der Waals surface area contributed by atoms with E-state index in [0.717, 1.165) is 10.0 Å². The smallest absolute Gasteiger partial charge is 0.259 e. The van der Waals surface area contributed by atoms with Gasteiger partial charge in [-0.25, -0.2) is 5.43 Å². The molecule has 0 fully saturated rings. The average molecular weight is 390 g/mol. The number of hydrazone groups is 1. The third kappa shape index (κ3) is 5.51. The van der Waals surface area contributed by atoms with Gasteiger partial charge in [0.25, 0.3) is 11.8 Å². The minimum absolute atomic E-state index is 0.166. The van der Waals surface area contributed by atoms with Gasteiger partial charge in [-0.05, 0) is 42.0 Å². The number of halogens is 1. The van der Waals surface area contributed by atoms with Gasteiger partial charge in [0.2, 0.25) is 0 Å². The van der Waals surface area contributed by atoms with Gasteiger partial charge < -0.3 is 10.1 Å². The molecule has 2 amide bonds. The molecule has 0 aromatic heterocycles. The van der Waals surface area contributed by atoms with Crippen LogP contribution in [0.2, 0.25) is 0 Å². The molecule has 0 saturated heterocycles. The summed E-state index contributed by atoms with van der Waals surface area (Å²) in [5.74, 6) is -0.0990. The van der Waals surface area contributed by atoms with Crippen LogP contribution in [0.4, 0.5) is 0 Å². The zero-order chi connectivity index (χ0) is 17.4. The molecule has 0 spiro atoms. The molecule has 0 heterocycles. The van der Waals surface area contributed by atoms with E-state index in [1.165, 1.54) is 6.21 Å². The topological polar surface area (TPSA) is 79.8 Å². The molecule has 0 aliphatic carbocycles. The Labute approximate surface area is 148 Å². The third-order valence-corrected chi connectivity index (χ3v) is 3.51. The van der Waals surface area contributed by atoms with Crippen LogP contribution in [0.25, 0.3) is 0 Å². The molecule has 0 saturated carbocycles. The molecule has 0 unspecified atom stereocenters. The second-order valence-electron chi connectivity index (χ2n) is 4.76. The fraction of sp³-hybridized carbons (Fsp3) is 0.118. The first-order valence-electron chi connectivity index (χ1n) is 7.08. The molecular weight excluding hydrogens is 374 g/mol. The highest BCUT2D eigenvalue weighted by Crippen LogP contribution is 2.11. The summed E-state index contributed by atoms with van der Waals surface area (Å²) in [4.78, 5) is 23.6. The Morgan fingerprint density at radius 3 is 2.62 bits per heavy atom. The zero-order valence-corrected chi connectivity index (χ0v) is 14.5. The van der Waals surface area contributed by atoms with Crippen LogP contribution in [0.5, 0.6) is 5.75 Å². The number of ether oxygens (including phenoxy) is 1. The second kappa shape index (κ2) is 8.83. The first kappa shape index (κ1) is 17.7. The van der Waals surface area contributed by atoms with E-state index in [2.05, 4.69) is 31.8 Å². The molecule has 0 radical (unpaired) electrons. The molecule has 6 nitrogen and oxygen atoms in total. The lowest BCUT2D eigenvalue weighted by Gasteiger charge is -2.05. The van der Waals surface area contributed by atoms with Gasteiger partial charge in [0.05, 0.1) is 19.9 Å². The quantitative estimate of drug-likeness (QED) is 0.587. The summed E-state index contributed by atoms with van der Waals surface area (Å²) >= 11 is 3.35. The van der Waals surface area contributed by atoms with Gasteiger partial charge in [-0.3, -0.25) is 9.59 Å². The zero-order valence-electron chi connectivity index (χ0n) is 13.0. The number of nitrogens with zero attached hydrogens (tertiary/aromatic N) is 1. The second-order valence-corrected chi connectivity index (χ2v) is 5.68. The molecule has 0 atom stereocenters. The van der Waals surface area contributed by atoms with E-state index in [1.54, 1.807) is 31.4 Å². The summed E-state index contributed by atoms with van der Waals surface area (Å²) in [6.45, 7) is -0.166. The van der Waals surface area contributed by atoms with E-state index in [9.17, 15) is 9.59 Å². The normalized spacial score (nSPS) is 10.4. The molecule has 2 aromatic carbocycles. The lowest BCUT2D eigenvalue weighted by Crippen LogP contribution is -2.34. The largest absolute Gasteiger partial charge is 0.497 e. The summed E-state index contributed by atoms with van der Waals surface area (Å²) in [6, 6.07) is 14.1. The number of carbonyl (C=O) groups excluding carboxylic acids is 2. The lowest BCUT2D eigenvalue weighted by atomic mass is 10.2. The maximum absolute atomic E-state index is 11.9. The molecule has 0 bridgehead atoms. The van der Waals surface area contributed by atoms with Crippen molar-refractivity contribution in [3.05, 3.63) is 64.1 Å².